The molecule has 1 aliphatic heterocycles. The number of aromatic nitrogens is 2. The number of rotatable bonds is 7. The lowest BCUT2D eigenvalue weighted by Crippen LogP contribution is -2.42. The predicted octanol–water partition coefficient (Wildman–Crippen LogP) is 3.64. The Balaban J connectivity index is 1.58. The smallest absolute Gasteiger partial charge is 0.223 e. The van der Waals surface area contributed by atoms with E-state index < -0.39 is 0 Å². The Kier molecular flexibility index (Phi) is 6.97. The highest BCUT2D eigenvalue weighted by Crippen LogP contribution is 2.25. The summed E-state index contributed by atoms with van der Waals surface area (Å²) < 4.78 is 13.5. The topological polar surface area (TPSA) is 56.6 Å². The number of carbonyl (C=O) groups excluding carboxylic acids is 1. The van der Waals surface area contributed by atoms with Crippen LogP contribution in [-0.2, 0) is 23.0 Å². The molecule has 0 spiro atoms. The monoisotopic (exact) mass is 405 g/mol. The molecule has 3 rings (SSSR count). The molecule has 28 heavy (non-hydrogen) atoms. The van der Waals surface area contributed by atoms with E-state index in [1.165, 1.54) is 0 Å². The van der Waals surface area contributed by atoms with Gasteiger partial charge in [0, 0.05) is 32.1 Å². The minimum absolute atomic E-state index is 0.186. The molecule has 0 radical (unpaired) electrons. The average Bonchev–Trinajstić information content (AvgIpc) is 3.04. The van der Waals surface area contributed by atoms with Gasteiger partial charge in [-0.05, 0) is 24.1 Å². The van der Waals surface area contributed by atoms with E-state index in [-0.39, 0.29) is 12.0 Å². The van der Waals surface area contributed by atoms with Crippen LogP contribution in [-0.4, -0.2) is 46.9 Å². The fourth-order valence-corrected chi connectivity index (χ4v) is 3.47. The molecular formula is C21H28ClN3O3. The molecule has 1 saturated heterocycles. The molecule has 0 bridgehead atoms. The van der Waals surface area contributed by atoms with Gasteiger partial charge >= 0.3 is 0 Å². The first-order chi connectivity index (χ1) is 13.4. The molecule has 0 aliphatic carbocycles. The van der Waals surface area contributed by atoms with Gasteiger partial charge in [0.1, 0.15) is 11.9 Å². The number of amides is 1. The molecule has 2 aromatic rings. The van der Waals surface area contributed by atoms with Gasteiger partial charge < -0.3 is 14.4 Å². The van der Waals surface area contributed by atoms with Crippen LogP contribution in [0.25, 0.3) is 0 Å². The van der Waals surface area contributed by atoms with E-state index in [0.717, 1.165) is 11.4 Å². The van der Waals surface area contributed by atoms with Crippen molar-refractivity contribution in [2.24, 2.45) is 13.0 Å². The molecule has 152 valence electrons. The number of carbonyl (C=O) groups is 1. The van der Waals surface area contributed by atoms with Crippen LogP contribution in [0.5, 0.6) is 5.75 Å². The number of ether oxygens (including phenoxy) is 2. The summed E-state index contributed by atoms with van der Waals surface area (Å²) in [5.74, 6) is 1.22. The van der Waals surface area contributed by atoms with Crippen molar-refractivity contribution in [1.29, 1.82) is 0 Å². The molecule has 1 fully saturated rings. The Hall–Kier alpha value is -2.05. The number of hydrogen-bond acceptors (Lipinski definition) is 4. The summed E-state index contributed by atoms with van der Waals surface area (Å²) in [6, 6.07) is 9.48. The van der Waals surface area contributed by atoms with Gasteiger partial charge in [0.15, 0.2) is 0 Å². The number of halogens is 1. The van der Waals surface area contributed by atoms with E-state index >= 15 is 0 Å². The molecule has 1 amide bonds. The summed E-state index contributed by atoms with van der Waals surface area (Å²) in [4.78, 5) is 14.3. The number of morpholine rings is 1. The fourth-order valence-electron chi connectivity index (χ4n) is 3.28. The Morgan fingerprint density at radius 2 is 2.18 bits per heavy atom. The maximum Gasteiger partial charge on any atom is 0.223 e. The van der Waals surface area contributed by atoms with Crippen LogP contribution >= 0.6 is 11.6 Å². The number of nitrogens with zero attached hydrogens (tertiary/aromatic N) is 3. The molecule has 1 aromatic carbocycles. The van der Waals surface area contributed by atoms with Crippen molar-refractivity contribution >= 4 is 17.5 Å². The van der Waals surface area contributed by atoms with E-state index in [9.17, 15) is 4.79 Å². The lowest BCUT2D eigenvalue weighted by molar-refractivity contribution is -0.139. The Bertz CT molecular complexity index is 806. The minimum atomic E-state index is -0.186. The molecule has 0 saturated carbocycles. The predicted molar refractivity (Wildman–Crippen MR) is 109 cm³/mol. The van der Waals surface area contributed by atoms with Gasteiger partial charge in [-0.2, -0.15) is 5.10 Å². The molecule has 0 N–H and O–H groups in total. The molecule has 0 unspecified atom stereocenters. The Morgan fingerprint density at radius 3 is 2.93 bits per heavy atom. The van der Waals surface area contributed by atoms with Gasteiger partial charge in [-0.3, -0.25) is 9.48 Å². The van der Waals surface area contributed by atoms with Gasteiger partial charge in [0.2, 0.25) is 5.91 Å². The van der Waals surface area contributed by atoms with E-state index in [1.54, 1.807) is 0 Å². The van der Waals surface area contributed by atoms with Gasteiger partial charge in [-0.1, -0.05) is 37.6 Å². The van der Waals surface area contributed by atoms with Crippen molar-refractivity contribution in [3.63, 3.8) is 0 Å². The summed E-state index contributed by atoms with van der Waals surface area (Å²) >= 11 is 6.12. The van der Waals surface area contributed by atoms with Crippen molar-refractivity contribution in [2.75, 3.05) is 26.3 Å². The second kappa shape index (κ2) is 9.43. The van der Waals surface area contributed by atoms with Gasteiger partial charge in [0.25, 0.3) is 0 Å². The summed E-state index contributed by atoms with van der Waals surface area (Å²) in [6.45, 7) is 6.37. The van der Waals surface area contributed by atoms with Crippen molar-refractivity contribution in [2.45, 2.75) is 32.8 Å². The van der Waals surface area contributed by atoms with Crippen LogP contribution in [0.1, 0.15) is 37.8 Å². The van der Waals surface area contributed by atoms with Crippen LogP contribution in [0.4, 0.5) is 0 Å². The first-order valence-corrected chi connectivity index (χ1v) is 10.1. The van der Waals surface area contributed by atoms with E-state index in [2.05, 4.69) is 18.9 Å². The third-order valence-corrected chi connectivity index (χ3v) is 5.09. The molecule has 6 nitrogen and oxygen atoms in total. The Morgan fingerprint density at radius 1 is 1.39 bits per heavy atom. The standard InChI is InChI=1S/C21H28ClN3O3/c1-15(2)12-21(26)25-9-11-28-20(14-25)18-13-16(24(3)23-18)8-10-27-19-7-5-4-6-17(19)22/h4-7,13,15,20H,8-12,14H2,1-3H3/t20-/m0/s1. The average molecular weight is 406 g/mol. The lowest BCUT2D eigenvalue weighted by Gasteiger charge is -2.32. The quantitative estimate of drug-likeness (QED) is 0.705. The molecule has 1 aliphatic rings. The van der Waals surface area contributed by atoms with Crippen molar-refractivity contribution < 1.29 is 14.3 Å². The van der Waals surface area contributed by atoms with Crippen LogP contribution < -0.4 is 4.74 Å². The van der Waals surface area contributed by atoms with E-state index in [4.69, 9.17) is 21.1 Å². The summed E-state index contributed by atoms with van der Waals surface area (Å²) in [5, 5.41) is 5.21. The van der Waals surface area contributed by atoms with Crippen LogP contribution in [0, 0.1) is 5.92 Å². The highest BCUT2D eigenvalue weighted by atomic mass is 35.5. The molecule has 1 atom stereocenters. The number of benzene rings is 1. The molecule has 2 heterocycles. The second-order valence-corrected chi connectivity index (χ2v) is 7.92. The van der Waals surface area contributed by atoms with Crippen LogP contribution in [0.15, 0.2) is 30.3 Å². The highest BCUT2D eigenvalue weighted by molar-refractivity contribution is 6.32. The lowest BCUT2D eigenvalue weighted by atomic mass is 10.1. The second-order valence-electron chi connectivity index (χ2n) is 7.51. The van der Waals surface area contributed by atoms with Gasteiger partial charge in [-0.25, -0.2) is 0 Å². The maximum atomic E-state index is 12.4. The summed E-state index contributed by atoms with van der Waals surface area (Å²) in [7, 11) is 1.92. The molecule has 1 aromatic heterocycles. The molecule has 7 heteroatoms. The van der Waals surface area contributed by atoms with E-state index in [0.29, 0.717) is 55.8 Å². The van der Waals surface area contributed by atoms with Crippen molar-refractivity contribution in [1.82, 2.24) is 14.7 Å². The Labute approximate surface area is 171 Å². The zero-order valence-corrected chi connectivity index (χ0v) is 17.5. The van der Waals surface area contributed by atoms with E-state index in [1.807, 2.05) is 47.0 Å². The third-order valence-electron chi connectivity index (χ3n) is 4.78. The SMILES string of the molecule is CC(C)CC(=O)N1CCO[C@H](c2cc(CCOc3ccccc3Cl)n(C)n2)C1. The summed E-state index contributed by atoms with van der Waals surface area (Å²) in [5.41, 5.74) is 1.91. The van der Waals surface area contributed by atoms with Crippen molar-refractivity contribution in [3.05, 3.63) is 46.7 Å². The zero-order valence-electron chi connectivity index (χ0n) is 16.7. The third kappa shape index (κ3) is 5.26. The maximum absolute atomic E-state index is 12.4. The van der Waals surface area contributed by atoms with Gasteiger partial charge in [0.05, 0.1) is 30.5 Å². The minimum Gasteiger partial charge on any atom is -0.492 e. The fraction of sp³-hybridized carbons (Fsp3) is 0.524. The van der Waals surface area contributed by atoms with Crippen molar-refractivity contribution in [3.8, 4) is 5.75 Å². The molecular weight excluding hydrogens is 378 g/mol. The normalized spacial score (nSPS) is 17.2. The number of hydrogen-bond donors (Lipinski definition) is 0. The first-order valence-electron chi connectivity index (χ1n) is 9.73. The van der Waals surface area contributed by atoms with Crippen LogP contribution in [0.3, 0.4) is 0 Å². The number of para-hydroxylation sites is 1. The number of aryl methyl sites for hydroxylation is 1. The largest absolute Gasteiger partial charge is 0.492 e. The first kappa shape index (κ1) is 20.7. The zero-order chi connectivity index (χ0) is 20.1. The van der Waals surface area contributed by atoms with Crippen LogP contribution in [0.2, 0.25) is 5.02 Å². The van der Waals surface area contributed by atoms with Gasteiger partial charge in [-0.15, -0.1) is 0 Å². The summed E-state index contributed by atoms with van der Waals surface area (Å²) in [6.07, 6.45) is 1.09. The highest BCUT2D eigenvalue weighted by Gasteiger charge is 2.27.